The molecule has 1 aliphatic carbocycles. The summed E-state index contributed by atoms with van der Waals surface area (Å²) in [6.07, 6.45) is 7.90. The van der Waals surface area contributed by atoms with Crippen molar-refractivity contribution in [2.45, 2.75) is 24.3 Å². The second-order valence-electron chi connectivity index (χ2n) is 5.17. The van der Waals surface area contributed by atoms with E-state index in [-0.39, 0.29) is 11.4 Å². The lowest BCUT2D eigenvalue weighted by Crippen LogP contribution is -2.13. The predicted octanol–water partition coefficient (Wildman–Crippen LogP) is 1.75. The normalized spacial score (nSPS) is 16.2. The fourth-order valence-electron chi connectivity index (χ4n) is 2.17. The molecular weight excluding hydrogens is 276 g/mol. The van der Waals surface area contributed by atoms with Crippen LogP contribution in [0.5, 0.6) is 0 Å². The van der Waals surface area contributed by atoms with Crippen molar-refractivity contribution in [3.8, 4) is 0 Å². The van der Waals surface area contributed by atoms with Gasteiger partial charge in [-0.05, 0) is 18.3 Å². The largest absolute Gasteiger partial charge is 0.469 e. The number of hydrogen-bond donors (Lipinski definition) is 1. The number of anilines is 1. The van der Waals surface area contributed by atoms with Crippen LogP contribution in [0.1, 0.15) is 19.3 Å². The molecule has 0 aromatic carbocycles. The van der Waals surface area contributed by atoms with Crippen LogP contribution in [-0.2, 0) is 9.53 Å². The second-order valence-corrected chi connectivity index (χ2v) is 6.13. The molecule has 1 fully saturated rings. The zero-order chi connectivity index (χ0) is 14.2. The molecule has 0 unspecified atom stereocenters. The van der Waals surface area contributed by atoms with Crippen molar-refractivity contribution in [2.75, 3.05) is 18.6 Å². The van der Waals surface area contributed by atoms with Gasteiger partial charge in [0.1, 0.15) is 10.8 Å². The fourth-order valence-corrected chi connectivity index (χ4v) is 3.46. The Morgan fingerprint density at radius 3 is 3.10 bits per heavy atom. The highest BCUT2D eigenvalue weighted by Gasteiger charge is 2.44. The molecular formula is C13H16N4O2S. The van der Waals surface area contributed by atoms with Gasteiger partial charge in [0.15, 0.2) is 5.65 Å². The van der Waals surface area contributed by atoms with E-state index in [1.807, 2.05) is 10.6 Å². The van der Waals surface area contributed by atoms with Crippen LogP contribution in [0.3, 0.4) is 0 Å². The van der Waals surface area contributed by atoms with E-state index in [4.69, 9.17) is 10.5 Å². The minimum atomic E-state index is -0.144. The Kier molecular flexibility index (Phi) is 3.29. The molecule has 0 aliphatic heterocycles. The molecule has 0 amide bonds. The maximum Gasteiger partial charge on any atom is 0.306 e. The van der Waals surface area contributed by atoms with Crippen molar-refractivity contribution < 1.29 is 9.53 Å². The van der Waals surface area contributed by atoms with Gasteiger partial charge in [-0.2, -0.15) is 0 Å². The predicted molar refractivity (Wildman–Crippen MR) is 76.4 cm³/mol. The Morgan fingerprint density at radius 1 is 1.60 bits per heavy atom. The van der Waals surface area contributed by atoms with Crippen molar-refractivity contribution in [1.29, 1.82) is 0 Å². The maximum atomic E-state index is 11.4. The van der Waals surface area contributed by atoms with Crippen molar-refractivity contribution >= 4 is 29.2 Å². The molecule has 0 atom stereocenters. The Labute approximate surface area is 120 Å². The summed E-state index contributed by atoms with van der Waals surface area (Å²) in [5.74, 6) is 1.16. The lowest BCUT2D eigenvalue weighted by Gasteiger charge is -2.13. The topological polar surface area (TPSA) is 82.5 Å². The molecule has 0 spiro atoms. The summed E-state index contributed by atoms with van der Waals surface area (Å²) >= 11 is 1.61. The highest BCUT2D eigenvalue weighted by atomic mass is 32.2. The number of rotatable bonds is 5. The van der Waals surface area contributed by atoms with Crippen LogP contribution < -0.4 is 5.73 Å². The van der Waals surface area contributed by atoms with Gasteiger partial charge in [-0.1, -0.05) is 0 Å². The second kappa shape index (κ2) is 4.97. The van der Waals surface area contributed by atoms with Gasteiger partial charge in [0.2, 0.25) is 0 Å². The van der Waals surface area contributed by atoms with Gasteiger partial charge in [-0.15, -0.1) is 11.8 Å². The molecule has 3 rings (SSSR count). The molecule has 0 saturated heterocycles. The first-order valence-corrected chi connectivity index (χ1v) is 7.39. The number of imidazole rings is 1. The molecule has 0 radical (unpaired) electrons. The Morgan fingerprint density at radius 2 is 2.40 bits per heavy atom. The molecule has 2 aromatic rings. The number of nitrogens with zero attached hydrogens (tertiary/aromatic N) is 3. The smallest absolute Gasteiger partial charge is 0.306 e. The number of methoxy groups -OCH3 is 1. The Balaban J connectivity index is 1.74. The molecule has 2 N–H and O–H groups in total. The lowest BCUT2D eigenvalue weighted by molar-refractivity contribution is -0.141. The van der Waals surface area contributed by atoms with E-state index >= 15 is 0 Å². The first-order valence-electron chi connectivity index (χ1n) is 6.41. The average molecular weight is 292 g/mol. The average Bonchev–Trinajstić information content (AvgIpc) is 3.02. The third kappa shape index (κ3) is 2.58. The number of fused-ring (bicyclic) bond motifs is 1. The number of nitrogen functional groups attached to an aromatic ring is 1. The summed E-state index contributed by atoms with van der Waals surface area (Å²) in [7, 11) is 1.43. The Hall–Kier alpha value is -1.76. The minimum Gasteiger partial charge on any atom is -0.469 e. The van der Waals surface area contributed by atoms with E-state index in [0.29, 0.717) is 12.2 Å². The SMILES string of the molecule is COC(=O)CC1(CSc2nc(N)cn3ccnc23)CC1. The minimum absolute atomic E-state index is 0.0631. The van der Waals surface area contributed by atoms with Gasteiger partial charge in [-0.25, -0.2) is 9.97 Å². The molecule has 106 valence electrons. The zero-order valence-corrected chi connectivity index (χ0v) is 12.0. The third-order valence-corrected chi connectivity index (χ3v) is 4.89. The number of ether oxygens (including phenoxy) is 1. The highest BCUT2D eigenvalue weighted by Crippen LogP contribution is 2.52. The van der Waals surface area contributed by atoms with E-state index in [1.54, 1.807) is 24.2 Å². The lowest BCUT2D eigenvalue weighted by atomic mass is 10.1. The van der Waals surface area contributed by atoms with Crippen LogP contribution in [0.15, 0.2) is 23.6 Å². The van der Waals surface area contributed by atoms with Gasteiger partial charge in [-0.3, -0.25) is 4.79 Å². The monoisotopic (exact) mass is 292 g/mol. The molecule has 6 nitrogen and oxygen atoms in total. The summed E-state index contributed by atoms with van der Waals surface area (Å²) in [6.45, 7) is 0. The first kappa shape index (κ1) is 13.2. The van der Waals surface area contributed by atoms with E-state index in [0.717, 1.165) is 29.3 Å². The van der Waals surface area contributed by atoms with Gasteiger partial charge in [0, 0.05) is 18.1 Å². The van der Waals surface area contributed by atoms with Gasteiger partial charge < -0.3 is 14.9 Å². The van der Waals surface area contributed by atoms with E-state index < -0.39 is 0 Å². The van der Waals surface area contributed by atoms with Crippen molar-refractivity contribution in [1.82, 2.24) is 14.4 Å². The number of hydrogen-bond acceptors (Lipinski definition) is 6. The van der Waals surface area contributed by atoms with Crippen molar-refractivity contribution in [3.05, 3.63) is 18.6 Å². The number of thioether (sulfide) groups is 1. The van der Waals surface area contributed by atoms with Gasteiger partial charge >= 0.3 is 5.97 Å². The summed E-state index contributed by atoms with van der Waals surface area (Å²) in [4.78, 5) is 20.1. The molecule has 7 heteroatoms. The fraction of sp³-hybridized carbons (Fsp3) is 0.462. The van der Waals surface area contributed by atoms with Crippen molar-refractivity contribution in [2.24, 2.45) is 5.41 Å². The Bertz CT molecular complexity index is 651. The van der Waals surface area contributed by atoms with Crippen LogP contribution >= 0.6 is 11.8 Å². The number of aromatic nitrogens is 3. The van der Waals surface area contributed by atoms with Crippen LogP contribution in [0.25, 0.3) is 5.65 Å². The third-order valence-electron chi connectivity index (χ3n) is 3.58. The molecule has 2 aromatic heterocycles. The maximum absolute atomic E-state index is 11.4. The summed E-state index contributed by atoms with van der Waals surface area (Å²) in [6, 6.07) is 0. The molecule has 2 heterocycles. The molecule has 20 heavy (non-hydrogen) atoms. The van der Waals surface area contributed by atoms with Crippen molar-refractivity contribution in [3.63, 3.8) is 0 Å². The first-order chi connectivity index (χ1) is 9.62. The van der Waals surface area contributed by atoms with E-state index in [2.05, 4.69) is 9.97 Å². The van der Waals surface area contributed by atoms with Crippen LogP contribution in [0, 0.1) is 5.41 Å². The van der Waals surface area contributed by atoms with E-state index in [9.17, 15) is 4.79 Å². The summed E-state index contributed by atoms with van der Waals surface area (Å²) in [5.41, 5.74) is 6.66. The highest BCUT2D eigenvalue weighted by molar-refractivity contribution is 7.99. The number of nitrogens with two attached hydrogens (primary N) is 1. The summed E-state index contributed by atoms with van der Waals surface area (Å²) < 4.78 is 6.62. The van der Waals surface area contributed by atoms with Gasteiger partial charge in [0.05, 0.1) is 19.7 Å². The van der Waals surface area contributed by atoms with Gasteiger partial charge in [0.25, 0.3) is 0 Å². The number of carbonyl (C=O) groups excluding carboxylic acids is 1. The molecule has 0 bridgehead atoms. The van der Waals surface area contributed by atoms with Crippen LogP contribution in [0.2, 0.25) is 0 Å². The number of esters is 1. The van der Waals surface area contributed by atoms with E-state index in [1.165, 1.54) is 7.11 Å². The number of carbonyl (C=O) groups is 1. The molecule has 1 saturated carbocycles. The summed E-state index contributed by atoms with van der Waals surface area (Å²) in [5, 5.41) is 0.811. The molecule has 1 aliphatic rings. The quantitative estimate of drug-likeness (QED) is 0.667. The van der Waals surface area contributed by atoms with Crippen LogP contribution in [-0.4, -0.2) is 33.2 Å². The zero-order valence-electron chi connectivity index (χ0n) is 11.2. The standard InChI is InChI=1S/C13H16N4O2S/c1-19-10(18)6-13(2-3-13)8-20-12-11-15-4-5-17(11)7-9(14)16-12/h4-5,7H,2-3,6,8,14H2,1H3. The van der Waals surface area contributed by atoms with Crippen LogP contribution in [0.4, 0.5) is 5.82 Å².